The van der Waals surface area contributed by atoms with Gasteiger partial charge >= 0.3 is 5.97 Å². The molecule has 0 aliphatic heterocycles. The standard InChI is InChI=1S/C29H56O4/c1-3-5-7-9-11-13-14-15-16-17-18-20-22-24-29(31)33-28(26-30)27-32-25-23-21-19-12-10-8-6-4-2/h13-14,28,30H,3-12,15-27H2,1-2H3/b14-13-. The predicted molar refractivity (Wildman–Crippen MR) is 141 cm³/mol. The molecule has 0 saturated heterocycles. The maximum atomic E-state index is 12.0. The Morgan fingerprint density at radius 2 is 1.18 bits per heavy atom. The van der Waals surface area contributed by atoms with Gasteiger partial charge in [-0.1, -0.05) is 109 Å². The highest BCUT2D eigenvalue weighted by atomic mass is 16.6. The molecular weight excluding hydrogens is 412 g/mol. The Bertz CT molecular complexity index is 422. The van der Waals surface area contributed by atoms with E-state index in [2.05, 4.69) is 26.0 Å². The fourth-order valence-corrected chi connectivity index (χ4v) is 3.91. The number of carbonyl (C=O) groups is 1. The summed E-state index contributed by atoms with van der Waals surface area (Å²) in [5.74, 6) is -0.212. The molecule has 0 rings (SSSR count). The van der Waals surface area contributed by atoms with Crippen LogP contribution in [0.5, 0.6) is 0 Å². The molecule has 0 aromatic rings. The minimum Gasteiger partial charge on any atom is -0.457 e. The molecule has 33 heavy (non-hydrogen) atoms. The Morgan fingerprint density at radius 3 is 1.76 bits per heavy atom. The van der Waals surface area contributed by atoms with Gasteiger partial charge in [0.1, 0.15) is 6.10 Å². The van der Waals surface area contributed by atoms with Gasteiger partial charge in [0.25, 0.3) is 0 Å². The van der Waals surface area contributed by atoms with Crippen molar-refractivity contribution in [2.24, 2.45) is 0 Å². The summed E-state index contributed by atoms with van der Waals surface area (Å²) in [7, 11) is 0. The minimum atomic E-state index is -0.527. The van der Waals surface area contributed by atoms with E-state index in [4.69, 9.17) is 9.47 Å². The number of esters is 1. The first kappa shape index (κ1) is 32.1. The van der Waals surface area contributed by atoms with Gasteiger partial charge in [-0.25, -0.2) is 0 Å². The summed E-state index contributed by atoms with van der Waals surface area (Å²) in [6.45, 7) is 5.29. The number of aliphatic hydroxyl groups is 1. The Balaban J connectivity index is 3.48. The summed E-state index contributed by atoms with van der Waals surface area (Å²) in [4.78, 5) is 12.0. The number of allylic oxidation sites excluding steroid dienone is 2. The zero-order chi connectivity index (χ0) is 24.2. The van der Waals surface area contributed by atoms with Crippen molar-refractivity contribution in [1.82, 2.24) is 0 Å². The number of unbranched alkanes of at least 4 members (excludes halogenated alkanes) is 16. The molecule has 0 fully saturated rings. The maximum absolute atomic E-state index is 12.0. The first-order valence-corrected chi connectivity index (χ1v) is 14.3. The van der Waals surface area contributed by atoms with Gasteiger partial charge in [-0.2, -0.15) is 0 Å². The van der Waals surface area contributed by atoms with E-state index in [1.165, 1.54) is 103 Å². The van der Waals surface area contributed by atoms with Crippen molar-refractivity contribution in [2.75, 3.05) is 19.8 Å². The SMILES string of the molecule is CCCCCC/C=C\CCCCCCCC(=O)OC(CO)COCCCCCCCCCC. The first-order chi connectivity index (χ1) is 16.2. The molecule has 0 spiro atoms. The third-order valence-electron chi connectivity index (χ3n) is 6.09. The fraction of sp³-hybridized carbons (Fsp3) is 0.897. The molecule has 1 atom stereocenters. The number of carbonyl (C=O) groups excluding carboxylic acids is 1. The van der Waals surface area contributed by atoms with Gasteiger partial charge in [-0.05, 0) is 38.5 Å². The molecule has 0 aliphatic rings. The molecule has 0 amide bonds. The second-order valence-corrected chi connectivity index (χ2v) is 9.47. The van der Waals surface area contributed by atoms with Gasteiger partial charge in [0.15, 0.2) is 0 Å². The summed E-state index contributed by atoms with van der Waals surface area (Å²) in [5, 5.41) is 9.44. The molecule has 0 saturated carbocycles. The minimum absolute atomic E-state index is 0.171. The van der Waals surface area contributed by atoms with Gasteiger partial charge < -0.3 is 14.6 Å². The summed E-state index contributed by atoms with van der Waals surface area (Å²) >= 11 is 0. The lowest BCUT2D eigenvalue weighted by molar-refractivity contribution is -0.154. The van der Waals surface area contributed by atoms with E-state index in [9.17, 15) is 9.90 Å². The molecule has 1 N–H and O–H groups in total. The molecule has 0 heterocycles. The van der Waals surface area contributed by atoms with Crippen molar-refractivity contribution in [1.29, 1.82) is 0 Å². The molecule has 1 unspecified atom stereocenters. The Labute approximate surface area is 205 Å². The lowest BCUT2D eigenvalue weighted by atomic mass is 10.1. The smallest absolute Gasteiger partial charge is 0.306 e. The Hall–Kier alpha value is -0.870. The molecule has 4 nitrogen and oxygen atoms in total. The zero-order valence-electron chi connectivity index (χ0n) is 22.2. The van der Waals surface area contributed by atoms with Crippen LogP contribution in [0.25, 0.3) is 0 Å². The molecule has 0 aliphatic carbocycles. The second kappa shape index (κ2) is 27.4. The number of aliphatic hydroxyl groups excluding tert-OH is 1. The van der Waals surface area contributed by atoms with Crippen LogP contribution in [0.15, 0.2) is 12.2 Å². The third-order valence-corrected chi connectivity index (χ3v) is 6.09. The molecule has 0 radical (unpaired) electrons. The monoisotopic (exact) mass is 468 g/mol. The second-order valence-electron chi connectivity index (χ2n) is 9.47. The van der Waals surface area contributed by atoms with E-state index >= 15 is 0 Å². The van der Waals surface area contributed by atoms with E-state index < -0.39 is 6.10 Å². The Morgan fingerprint density at radius 1 is 0.697 bits per heavy atom. The van der Waals surface area contributed by atoms with Crippen molar-refractivity contribution in [3.63, 3.8) is 0 Å². The molecule has 0 aromatic carbocycles. The van der Waals surface area contributed by atoms with E-state index in [0.717, 1.165) is 19.3 Å². The van der Waals surface area contributed by atoms with Crippen LogP contribution in [0, 0.1) is 0 Å². The van der Waals surface area contributed by atoms with Crippen LogP contribution in [0.3, 0.4) is 0 Å². The third kappa shape index (κ3) is 25.6. The summed E-state index contributed by atoms with van der Waals surface area (Å²) in [6, 6.07) is 0. The highest BCUT2D eigenvalue weighted by Crippen LogP contribution is 2.11. The highest BCUT2D eigenvalue weighted by Gasteiger charge is 2.13. The van der Waals surface area contributed by atoms with Crippen LogP contribution in [0.1, 0.15) is 142 Å². The largest absolute Gasteiger partial charge is 0.457 e. The van der Waals surface area contributed by atoms with Gasteiger partial charge in [-0.15, -0.1) is 0 Å². The average Bonchev–Trinajstić information content (AvgIpc) is 2.82. The first-order valence-electron chi connectivity index (χ1n) is 14.3. The highest BCUT2D eigenvalue weighted by molar-refractivity contribution is 5.69. The molecule has 0 aromatic heterocycles. The number of ether oxygens (including phenoxy) is 2. The van der Waals surface area contributed by atoms with Crippen LogP contribution in [-0.4, -0.2) is 37.0 Å². The summed E-state index contributed by atoms with van der Waals surface area (Å²) < 4.78 is 11.0. The molecular formula is C29H56O4. The van der Waals surface area contributed by atoms with E-state index in [0.29, 0.717) is 19.6 Å². The van der Waals surface area contributed by atoms with E-state index in [1.54, 1.807) is 0 Å². The van der Waals surface area contributed by atoms with Gasteiger partial charge in [0, 0.05) is 13.0 Å². The van der Waals surface area contributed by atoms with Crippen molar-refractivity contribution >= 4 is 5.97 Å². The van der Waals surface area contributed by atoms with Crippen LogP contribution >= 0.6 is 0 Å². The van der Waals surface area contributed by atoms with Gasteiger partial charge in [0.2, 0.25) is 0 Å². The Kier molecular flexibility index (Phi) is 26.7. The number of hydrogen-bond acceptors (Lipinski definition) is 4. The van der Waals surface area contributed by atoms with Crippen LogP contribution in [-0.2, 0) is 14.3 Å². The van der Waals surface area contributed by atoms with Crippen molar-refractivity contribution < 1.29 is 19.4 Å². The normalized spacial score (nSPS) is 12.5. The van der Waals surface area contributed by atoms with E-state index in [1.807, 2.05) is 0 Å². The van der Waals surface area contributed by atoms with Crippen LogP contribution in [0.4, 0.5) is 0 Å². The van der Waals surface area contributed by atoms with Gasteiger partial charge in [0.05, 0.1) is 13.2 Å². The zero-order valence-corrected chi connectivity index (χ0v) is 22.2. The van der Waals surface area contributed by atoms with E-state index in [-0.39, 0.29) is 12.6 Å². The van der Waals surface area contributed by atoms with Crippen molar-refractivity contribution in [3.8, 4) is 0 Å². The molecule has 0 bridgehead atoms. The topological polar surface area (TPSA) is 55.8 Å². The molecule has 4 heteroatoms. The number of rotatable bonds is 26. The maximum Gasteiger partial charge on any atom is 0.306 e. The molecule has 196 valence electrons. The number of hydrogen-bond donors (Lipinski definition) is 1. The summed E-state index contributed by atoms with van der Waals surface area (Å²) in [5.41, 5.74) is 0. The van der Waals surface area contributed by atoms with Gasteiger partial charge in [-0.3, -0.25) is 4.79 Å². The predicted octanol–water partition coefficient (Wildman–Crippen LogP) is 8.31. The van der Waals surface area contributed by atoms with Crippen LogP contribution in [0.2, 0.25) is 0 Å². The lowest BCUT2D eigenvalue weighted by Crippen LogP contribution is -2.27. The van der Waals surface area contributed by atoms with Crippen molar-refractivity contribution in [3.05, 3.63) is 12.2 Å². The average molecular weight is 469 g/mol. The summed E-state index contributed by atoms with van der Waals surface area (Å²) in [6.07, 6.45) is 28.0. The lowest BCUT2D eigenvalue weighted by Gasteiger charge is -2.15. The van der Waals surface area contributed by atoms with Crippen molar-refractivity contribution in [2.45, 2.75) is 148 Å². The van der Waals surface area contributed by atoms with Crippen LogP contribution < -0.4 is 0 Å². The quantitative estimate of drug-likeness (QED) is 0.0787. The fourth-order valence-electron chi connectivity index (χ4n) is 3.91.